The monoisotopic (exact) mass is 231 g/mol. The molecule has 3 N–H and O–H groups in total. The lowest BCUT2D eigenvalue weighted by molar-refractivity contribution is 0.416. The van der Waals surface area contributed by atoms with Gasteiger partial charge < -0.3 is 15.5 Å². The molecule has 0 fully saturated rings. The van der Waals surface area contributed by atoms with Crippen molar-refractivity contribution in [2.75, 3.05) is 7.11 Å². The molecule has 1 heterocycles. The maximum absolute atomic E-state index is 11.9. The third-order valence-electron chi connectivity index (χ3n) is 2.44. The van der Waals surface area contributed by atoms with Crippen molar-refractivity contribution in [3.8, 4) is 16.9 Å². The Morgan fingerprint density at radius 1 is 1.35 bits per heavy atom. The number of para-hydroxylation sites is 1. The summed E-state index contributed by atoms with van der Waals surface area (Å²) in [5.41, 5.74) is 6.38. The zero-order valence-electron chi connectivity index (χ0n) is 9.43. The van der Waals surface area contributed by atoms with Crippen LogP contribution in [0.4, 0.5) is 0 Å². The summed E-state index contributed by atoms with van der Waals surface area (Å²) in [7, 11) is 1.56. The van der Waals surface area contributed by atoms with Gasteiger partial charge in [-0.2, -0.15) is 0 Å². The van der Waals surface area contributed by atoms with Crippen LogP contribution in [0.15, 0.2) is 35.3 Å². The van der Waals surface area contributed by atoms with Crippen molar-refractivity contribution in [1.82, 2.24) is 9.97 Å². The van der Waals surface area contributed by atoms with E-state index in [1.165, 1.54) is 6.20 Å². The Morgan fingerprint density at radius 3 is 2.76 bits per heavy atom. The van der Waals surface area contributed by atoms with E-state index in [1.54, 1.807) is 13.2 Å². The summed E-state index contributed by atoms with van der Waals surface area (Å²) >= 11 is 0. The first kappa shape index (κ1) is 11.3. The van der Waals surface area contributed by atoms with Crippen LogP contribution in [0.2, 0.25) is 0 Å². The zero-order valence-corrected chi connectivity index (χ0v) is 9.43. The molecule has 17 heavy (non-hydrogen) atoms. The number of aromatic nitrogens is 2. The second-order valence-electron chi connectivity index (χ2n) is 3.48. The molecule has 0 bridgehead atoms. The molecule has 0 aliphatic rings. The maximum Gasteiger partial charge on any atom is 0.258 e. The molecule has 1 aromatic carbocycles. The predicted octanol–water partition coefficient (Wildman–Crippen LogP) is 0.904. The number of ether oxygens (including phenoxy) is 1. The van der Waals surface area contributed by atoms with Gasteiger partial charge in [-0.05, 0) is 6.07 Å². The van der Waals surface area contributed by atoms with Crippen molar-refractivity contribution in [2.45, 2.75) is 6.54 Å². The van der Waals surface area contributed by atoms with E-state index in [9.17, 15) is 4.79 Å². The van der Waals surface area contributed by atoms with E-state index in [2.05, 4.69) is 9.97 Å². The average Bonchev–Trinajstić information content (AvgIpc) is 2.38. The van der Waals surface area contributed by atoms with Crippen LogP contribution < -0.4 is 16.0 Å². The van der Waals surface area contributed by atoms with E-state index < -0.39 is 0 Å². The number of benzene rings is 1. The molecule has 5 heteroatoms. The summed E-state index contributed by atoms with van der Waals surface area (Å²) < 4.78 is 5.21. The van der Waals surface area contributed by atoms with Crippen LogP contribution in [0.1, 0.15) is 5.82 Å². The van der Waals surface area contributed by atoms with Gasteiger partial charge in [-0.15, -0.1) is 0 Å². The topological polar surface area (TPSA) is 81.0 Å². The molecule has 0 saturated heterocycles. The minimum Gasteiger partial charge on any atom is -0.496 e. The Hall–Kier alpha value is -2.14. The van der Waals surface area contributed by atoms with Crippen molar-refractivity contribution in [1.29, 1.82) is 0 Å². The molecule has 0 aliphatic carbocycles. The van der Waals surface area contributed by atoms with Gasteiger partial charge in [0.05, 0.1) is 19.2 Å². The highest BCUT2D eigenvalue weighted by Crippen LogP contribution is 2.26. The summed E-state index contributed by atoms with van der Waals surface area (Å²) in [6.07, 6.45) is 1.51. The fourth-order valence-corrected chi connectivity index (χ4v) is 1.59. The Morgan fingerprint density at radius 2 is 2.12 bits per heavy atom. The van der Waals surface area contributed by atoms with Crippen LogP contribution >= 0.6 is 0 Å². The average molecular weight is 231 g/mol. The van der Waals surface area contributed by atoms with E-state index in [0.29, 0.717) is 22.7 Å². The van der Waals surface area contributed by atoms with Crippen molar-refractivity contribution >= 4 is 0 Å². The number of rotatable bonds is 3. The van der Waals surface area contributed by atoms with Crippen LogP contribution in [-0.2, 0) is 6.54 Å². The van der Waals surface area contributed by atoms with Crippen molar-refractivity contribution in [3.05, 3.63) is 46.6 Å². The number of hydrogen-bond donors (Lipinski definition) is 2. The number of nitrogens with one attached hydrogen (secondary N) is 1. The summed E-state index contributed by atoms with van der Waals surface area (Å²) in [6, 6.07) is 7.30. The van der Waals surface area contributed by atoms with E-state index in [1.807, 2.05) is 18.2 Å². The first-order chi connectivity index (χ1) is 8.26. The Labute approximate surface area is 98.3 Å². The number of nitrogens with two attached hydrogens (primary N) is 1. The highest BCUT2D eigenvalue weighted by molar-refractivity contribution is 5.68. The van der Waals surface area contributed by atoms with Crippen LogP contribution in [0.3, 0.4) is 0 Å². The molecule has 0 amide bonds. The molecule has 0 spiro atoms. The smallest absolute Gasteiger partial charge is 0.258 e. The fourth-order valence-electron chi connectivity index (χ4n) is 1.59. The van der Waals surface area contributed by atoms with E-state index in [4.69, 9.17) is 10.5 Å². The number of nitrogens with zero attached hydrogens (tertiary/aromatic N) is 1. The standard InChI is InChI=1S/C12H13N3O2/c1-17-10-5-3-2-4-8(10)9-7-14-11(6-13)15-12(9)16/h2-5,7H,6,13H2,1H3,(H,14,15,16). The molecule has 88 valence electrons. The molecular formula is C12H13N3O2. The summed E-state index contributed by atoms with van der Waals surface area (Å²) in [5.74, 6) is 1.11. The van der Waals surface area contributed by atoms with Gasteiger partial charge >= 0.3 is 0 Å². The minimum atomic E-state index is -0.218. The van der Waals surface area contributed by atoms with Crippen LogP contribution in [0.25, 0.3) is 11.1 Å². The van der Waals surface area contributed by atoms with E-state index in [0.717, 1.165) is 0 Å². The largest absolute Gasteiger partial charge is 0.496 e. The first-order valence-electron chi connectivity index (χ1n) is 5.18. The molecule has 0 atom stereocenters. The normalized spacial score (nSPS) is 10.2. The van der Waals surface area contributed by atoms with Crippen LogP contribution in [-0.4, -0.2) is 17.1 Å². The maximum atomic E-state index is 11.9. The lowest BCUT2D eigenvalue weighted by atomic mass is 10.1. The van der Waals surface area contributed by atoms with Gasteiger partial charge in [-0.1, -0.05) is 18.2 Å². The SMILES string of the molecule is COc1ccccc1-c1cnc(CN)[nH]c1=O. The molecule has 0 radical (unpaired) electrons. The highest BCUT2D eigenvalue weighted by Gasteiger charge is 2.09. The molecule has 2 rings (SSSR count). The first-order valence-corrected chi connectivity index (χ1v) is 5.18. The Kier molecular flexibility index (Phi) is 3.20. The predicted molar refractivity (Wildman–Crippen MR) is 64.7 cm³/mol. The molecule has 0 aliphatic heterocycles. The summed E-state index contributed by atoms with van der Waals surface area (Å²) in [5, 5.41) is 0. The van der Waals surface area contributed by atoms with Gasteiger partial charge in [0.2, 0.25) is 0 Å². The molecule has 0 unspecified atom stereocenters. The molecule has 2 aromatic rings. The van der Waals surface area contributed by atoms with Gasteiger partial charge in [-0.3, -0.25) is 4.79 Å². The van der Waals surface area contributed by atoms with Gasteiger partial charge in [0.1, 0.15) is 11.6 Å². The molecule has 0 saturated carbocycles. The quantitative estimate of drug-likeness (QED) is 0.822. The third kappa shape index (κ3) is 2.19. The van der Waals surface area contributed by atoms with Gasteiger partial charge in [-0.25, -0.2) is 4.98 Å². The van der Waals surface area contributed by atoms with Crippen LogP contribution in [0.5, 0.6) is 5.75 Å². The molecular weight excluding hydrogens is 218 g/mol. The van der Waals surface area contributed by atoms with Crippen molar-refractivity contribution in [2.24, 2.45) is 5.73 Å². The number of H-pyrrole nitrogens is 1. The summed E-state index contributed by atoms with van der Waals surface area (Å²) in [4.78, 5) is 18.6. The minimum absolute atomic E-state index is 0.210. The van der Waals surface area contributed by atoms with E-state index >= 15 is 0 Å². The van der Waals surface area contributed by atoms with Gasteiger partial charge in [0.15, 0.2) is 0 Å². The zero-order chi connectivity index (χ0) is 12.3. The summed E-state index contributed by atoms with van der Waals surface area (Å²) in [6.45, 7) is 0.210. The van der Waals surface area contributed by atoms with Crippen molar-refractivity contribution in [3.63, 3.8) is 0 Å². The Balaban J connectivity index is 2.57. The second kappa shape index (κ2) is 4.80. The van der Waals surface area contributed by atoms with Gasteiger partial charge in [0, 0.05) is 11.8 Å². The highest BCUT2D eigenvalue weighted by atomic mass is 16.5. The third-order valence-corrected chi connectivity index (χ3v) is 2.44. The van der Waals surface area contributed by atoms with E-state index in [-0.39, 0.29) is 12.1 Å². The lowest BCUT2D eigenvalue weighted by Crippen LogP contribution is -2.15. The molecule has 1 aromatic heterocycles. The van der Waals surface area contributed by atoms with Crippen molar-refractivity contribution < 1.29 is 4.74 Å². The van der Waals surface area contributed by atoms with Crippen LogP contribution in [0, 0.1) is 0 Å². The Bertz CT molecular complexity index is 578. The lowest BCUT2D eigenvalue weighted by Gasteiger charge is -2.07. The fraction of sp³-hybridized carbons (Fsp3) is 0.167. The molecule has 5 nitrogen and oxygen atoms in total. The van der Waals surface area contributed by atoms with Gasteiger partial charge in [0.25, 0.3) is 5.56 Å². The number of methoxy groups -OCH3 is 1. The number of aromatic amines is 1. The number of hydrogen-bond acceptors (Lipinski definition) is 4. The second-order valence-corrected chi connectivity index (χ2v) is 3.48.